The van der Waals surface area contributed by atoms with Gasteiger partial charge in [0.25, 0.3) is 5.91 Å². The summed E-state index contributed by atoms with van der Waals surface area (Å²) in [6, 6.07) is 12.8. The summed E-state index contributed by atoms with van der Waals surface area (Å²) in [4.78, 5) is 24.8. The van der Waals surface area contributed by atoms with Crippen molar-refractivity contribution in [3.05, 3.63) is 76.8 Å². The fourth-order valence-electron chi connectivity index (χ4n) is 2.00. The molecule has 1 amide bonds. The van der Waals surface area contributed by atoms with E-state index in [0.717, 1.165) is 10.0 Å². The van der Waals surface area contributed by atoms with Crippen molar-refractivity contribution in [2.45, 2.75) is 6.54 Å². The number of nitrogens with one attached hydrogen (secondary N) is 2. The quantitative estimate of drug-likeness (QED) is 0.704. The minimum absolute atomic E-state index is 0.287. The predicted molar refractivity (Wildman–Crippen MR) is 95.7 cm³/mol. The third-order valence-electron chi connectivity index (χ3n) is 3.18. The van der Waals surface area contributed by atoms with Gasteiger partial charge in [-0.3, -0.25) is 9.78 Å². The number of hydrogen-bond donors (Lipinski definition) is 2. The molecule has 6 nitrogen and oxygen atoms in total. The number of pyridine rings is 1. The summed E-state index contributed by atoms with van der Waals surface area (Å²) >= 11 is 3.40. The Balaban J connectivity index is 1.68. The Labute approximate surface area is 147 Å². The summed E-state index contributed by atoms with van der Waals surface area (Å²) < 4.78 is 0.808. The molecule has 3 rings (SSSR count). The zero-order valence-electron chi connectivity index (χ0n) is 12.6. The molecule has 0 unspecified atom stereocenters. The lowest BCUT2D eigenvalue weighted by atomic mass is 10.3. The third-order valence-corrected chi connectivity index (χ3v) is 3.88. The number of carbonyl (C=O) groups excluding carboxylic acids is 1. The minimum Gasteiger partial charge on any atom is -0.350 e. The number of hydrogen-bond acceptors (Lipinski definition) is 5. The Morgan fingerprint density at radius 1 is 1.08 bits per heavy atom. The number of anilines is 2. The molecule has 2 N–H and O–H groups in total. The van der Waals surface area contributed by atoms with Crippen LogP contribution in [0.15, 0.2) is 65.5 Å². The summed E-state index contributed by atoms with van der Waals surface area (Å²) in [5, 5.41) is 5.89. The van der Waals surface area contributed by atoms with Gasteiger partial charge in [0.05, 0.1) is 5.69 Å². The minimum atomic E-state index is -0.297. The van der Waals surface area contributed by atoms with E-state index in [1.54, 1.807) is 24.7 Å². The van der Waals surface area contributed by atoms with Gasteiger partial charge in [0.2, 0.25) is 5.95 Å². The van der Waals surface area contributed by atoms with Crippen molar-refractivity contribution in [1.29, 1.82) is 0 Å². The highest BCUT2D eigenvalue weighted by Crippen LogP contribution is 2.21. The molecule has 0 saturated carbocycles. The molecule has 120 valence electrons. The Morgan fingerprint density at radius 3 is 2.75 bits per heavy atom. The van der Waals surface area contributed by atoms with Crippen LogP contribution in [0.25, 0.3) is 0 Å². The molecule has 0 saturated heterocycles. The van der Waals surface area contributed by atoms with Gasteiger partial charge in [0.1, 0.15) is 5.69 Å². The summed E-state index contributed by atoms with van der Waals surface area (Å²) in [5.74, 6) is 0.0901. The standard InChI is InChI=1S/C17H14BrN5O/c18-13-5-1-2-6-14(13)22-16(24)15-7-9-20-17(23-15)21-11-12-4-3-8-19-10-12/h1-10H,11H2,(H,22,24)(H,20,21,23). The number of nitrogens with zero attached hydrogens (tertiary/aromatic N) is 3. The summed E-state index contributed by atoms with van der Waals surface area (Å²) in [5.41, 5.74) is 1.98. The Bertz CT molecular complexity index is 841. The predicted octanol–water partition coefficient (Wildman–Crippen LogP) is 3.50. The first-order valence-electron chi connectivity index (χ1n) is 7.24. The van der Waals surface area contributed by atoms with E-state index in [1.165, 1.54) is 0 Å². The van der Waals surface area contributed by atoms with Crippen LogP contribution >= 0.6 is 15.9 Å². The van der Waals surface area contributed by atoms with Crippen LogP contribution in [0.2, 0.25) is 0 Å². The maximum absolute atomic E-state index is 12.3. The first kappa shape index (κ1) is 16.1. The van der Waals surface area contributed by atoms with Gasteiger partial charge in [-0.25, -0.2) is 9.97 Å². The van der Waals surface area contributed by atoms with Gasteiger partial charge in [0, 0.05) is 29.6 Å². The average Bonchev–Trinajstić information content (AvgIpc) is 2.63. The number of halogens is 1. The van der Waals surface area contributed by atoms with Gasteiger partial charge < -0.3 is 10.6 Å². The van der Waals surface area contributed by atoms with E-state index in [9.17, 15) is 4.79 Å². The van der Waals surface area contributed by atoms with E-state index in [4.69, 9.17) is 0 Å². The molecule has 2 heterocycles. The second kappa shape index (κ2) is 7.65. The maximum atomic E-state index is 12.3. The van der Waals surface area contributed by atoms with Crippen LogP contribution in [0.4, 0.5) is 11.6 Å². The van der Waals surface area contributed by atoms with Crippen molar-refractivity contribution in [1.82, 2.24) is 15.0 Å². The lowest BCUT2D eigenvalue weighted by Gasteiger charge is -2.08. The van der Waals surface area contributed by atoms with E-state index in [0.29, 0.717) is 18.2 Å². The van der Waals surface area contributed by atoms with E-state index in [1.807, 2.05) is 36.4 Å². The smallest absolute Gasteiger partial charge is 0.274 e. The van der Waals surface area contributed by atoms with Crippen molar-refractivity contribution in [2.24, 2.45) is 0 Å². The van der Waals surface area contributed by atoms with Gasteiger partial charge in [0.15, 0.2) is 0 Å². The second-order valence-electron chi connectivity index (χ2n) is 4.91. The van der Waals surface area contributed by atoms with Crippen molar-refractivity contribution in [3.63, 3.8) is 0 Å². The first-order chi connectivity index (χ1) is 11.7. The lowest BCUT2D eigenvalue weighted by Crippen LogP contribution is -2.15. The molecule has 0 aliphatic rings. The normalized spacial score (nSPS) is 10.2. The molecular formula is C17H14BrN5O. The number of para-hydroxylation sites is 1. The van der Waals surface area contributed by atoms with Gasteiger partial charge in [-0.15, -0.1) is 0 Å². The number of rotatable bonds is 5. The van der Waals surface area contributed by atoms with E-state index in [2.05, 4.69) is 41.5 Å². The highest BCUT2D eigenvalue weighted by atomic mass is 79.9. The van der Waals surface area contributed by atoms with Crippen molar-refractivity contribution < 1.29 is 4.79 Å². The molecule has 0 spiro atoms. The molecule has 0 fully saturated rings. The van der Waals surface area contributed by atoms with Crippen LogP contribution in [-0.2, 0) is 6.54 Å². The number of carbonyl (C=O) groups is 1. The van der Waals surface area contributed by atoms with E-state index >= 15 is 0 Å². The van der Waals surface area contributed by atoms with Gasteiger partial charge in [-0.1, -0.05) is 18.2 Å². The highest BCUT2D eigenvalue weighted by Gasteiger charge is 2.10. The van der Waals surface area contributed by atoms with Gasteiger partial charge in [-0.2, -0.15) is 0 Å². The zero-order chi connectivity index (χ0) is 16.8. The lowest BCUT2D eigenvalue weighted by molar-refractivity contribution is 0.102. The fourth-order valence-corrected chi connectivity index (χ4v) is 2.39. The molecule has 0 bridgehead atoms. The van der Waals surface area contributed by atoms with E-state index < -0.39 is 0 Å². The average molecular weight is 384 g/mol. The number of amides is 1. The van der Waals surface area contributed by atoms with Gasteiger partial charge >= 0.3 is 0 Å². The topological polar surface area (TPSA) is 79.8 Å². The highest BCUT2D eigenvalue weighted by molar-refractivity contribution is 9.10. The van der Waals surface area contributed by atoms with Crippen molar-refractivity contribution in [2.75, 3.05) is 10.6 Å². The third kappa shape index (κ3) is 4.14. The zero-order valence-corrected chi connectivity index (χ0v) is 14.2. The maximum Gasteiger partial charge on any atom is 0.274 e. The van der Waals surface area contributed by atoms with Crippen molar-refractivity contribution in [3.8, 4) is 0 Å². The molecule has 0 aliphatic carbocycles. The van der Waals surface area contributed by atoms with E-state index in [-0.39, 0.29) is 11.6 Å². The van der Waals surface area contributed by atoms with Crippen LogP contribution in [-0.4, -0.2) is 20.9 Å². The molecule has 0 aliphatic heterocycles. The molecule has 24 heavy (non-hydrogen) atoms. The van der Waals surface area contributed by atoms with Crippen molar-refractivity contribution >= 4 is 33.5 Å². The Hall–Kier alpha value is -2.80. The Morgan fingerprint density at radius 2 is 1.96 bits per heavy atom. The number of aromatic nitrogens is 3. The molecule has 7 heteroatoms. The van der Waals surface area contributed by atoms with Crippen LogP contribution in [0.3, 0.4) is 0 Å². The summed E-state index contributed by atoms with van der Waals surface area (Å²) in [7, 11) is 0. The number of benzene rings is 1. The molecule has 2 aromatic heterocycles. The molecular weight excluding hydrogens is 370 g/mol. The molecule has 0 radical (unpaired) electrons. The SMILES string of the molecule is O=C(Nc1ccccc1Br)c1ccnc(NCc2cccnc2)n1. The summed E-state index contributed by atoms with van der Waals surface area (Å²) in [6.45, 7) is 0.531. The second-order valence-corrected chi connectivity index (χ2v) is 5.77. The van der Waals surface area contributed by atoms with Crippen LogP contribution in [0, 0.1) is 0 Å². The van der Waals surface area contributed by atoms with Crippen LogP contribution in [0.5, 0.6) is 0 Å². The largest absolute Gasteiger partial charge is 0.350 e. The molecule has 3 aromatic rings. The van der Waals surface area contributed by atoms with Gasteiger partial charge in [-0.05, 0) is 45.8 Å². The van der Waals surface area contributed by atoms with Crippen LogP contribution in [0.1, 0.15) is 16.1 Å². The first-order valence-corrected chi connectivity index (χ1v) is 8.03. The summed E-state index contributed by atoms with van der Waals surface area (Å²) in [6.07, 6.45) is 5.02. The fraction of sp³-hybridized carbons (Fsp3) is 0.0588. The Kier molecular flexibility index (Phi) is 5.12. The molecule has 1 aromatic carbocycles. The van der Waals surface area contributed by atoms with Crippen LogP contribution < -0.4 is 10.6 Å². The monoisotopic (exact) mass is 383 g/mol. The molecule has 0 atom stereocenters.